The second-order valence-electron chi connectivity index (χ2n) is 9.56. The van der Waals surface area contributed by atoms with Gasteiger partial charge in [-0.3, -0.25) is 9.69 Å². The molecule has 0 fully saturated rings. The van der Waals surface area contributed by atoms with Gasteiger partial charge in [0, 0.05) is 42.4 Å². The van der Waals surface area contributed by atoms with Crippen LogP contribution in [0.1, 0.15) is 69.0 Å². The zero-order chi connectivity index (χ0) is 26.1. The monoisotopic (exact) mass is 514 g/mol. The van der Waals surface area contributed by atoms with Crippen LogP contribution in [0.3, 0.4) is 0 Å². The van der Waals surface area contributed by atoms with Gasteiger partial charge in [0.05, 0.1) is 23.7 Å². The first-order chi connectivity index (χ1) is 17.2. The maximum atomic E-state index is 13.2. The first-order valence-corrected chi connectivity index (χ1v) is 14.2. The molecule has 3 rings (SSSR count). The van der Waals surface area contributed by atoms with Crippen molar-refractivity contribution in [3.8, 4) is 0 Å². The number of amides is 1. The number of hydrogen-bond acceptors (Lipinski definition) is 6. The number of carbonyl (C=O) groups excluding carboxylic acids is 1. The molecule has 0 bridgehead atoms. The highest BCUT2D eigenvalue weighted by Crippen LogP contribution is 2.18. The molecule has 0 saturated heterocycles. The Morgan fingerprint density at radius 3 is 1.89 bits per heavy atom. The zero-order valence-corrected chi connectivity index (χ0v) is 22.5. The molecule has 9 nitrogen and oxygen atoms in total. The summed E-state index contributed by atoms with van der Waals surface area (Å²) in [6.07, 6.45) is 9.13. The van der Waals surface area contributed by atoms with Crippen molar-refractivity contribution in [1.29, 1.82) is 0 Å². The molecule has 0 radical (unpaired) electrons. The van der Waals surface area contributed by atoms with Gasteiger partial charge in [0.1, 0.15) is 11.6 Å². The molecule has 0 saturated carbocycles. The molecule has 36 heavy (non-hydrogen) atoms. The Hall–Kier alpha value is -2.98. The Labute approximate surface area is 214 Å². The fourth-order valence-corrected chi connectivity index (χ4v) is 5.68. The van der Waals surface area contributed by atoms with Crippen molar-refractivity contribution in [3.63, 3.8) is 0 Å². The molecule has 3 aromatic rings. The summed E-state index contributed by atoms with van der Waals surface area (Å²) in [5.41, 5.74) is 0.412. The molecule has 0 aliphatic heterocycles. The third kappa shape index (κ3) is 7.76. The average Bonchev–Trinajstić information content (AvgIpc) is 3.54. The summed E-state index contributed by atoms with van der Waals surface area (Å²) >= 11 is 0. The number of sulfone groups is 1. The quantitative estimate of drug-likeness (QED) is 0.314. The van der Waals surface area contributed by atoms with E-state index >= 15 is 0 Å². The van der Waals surface area contributed by atoms with Crippen molar-refractivity contribution in [2.24, 2.45) is 0 Å². The van der Waals surface area contributed by atoms with E-state index in [1.165, 1.54) is 12.1 Å². The second kappa shape index (κ2) is 12.8. The van der Waals surface area contributed by atoms with Gasteiger partial charge in [-0.2, -0.15) is 0 Å². The lowest BCUT2D eigenvalue weighted by Crippen LogP contribution is -2.37. The first kappa shape index (κ1) is 27.6. The SMILES string of the molecule is CC(C)N(CCCCCS(=O)(=O)c1ccc(C(=O)N(Cc2ncc[nH]2)Cc2ncc[nH]2)cc1)C(C)C. The second-order valence-corrected chi connectivity index (χ2v) is 11.7. The van der Waals surface area contributed by atoms with Crippen molar-refractivity contribution in [1.82, 2.24) is 29.7 Å². The number of carbonyl (C=O) groups is 1. The van der Waals surface area contributed by atoms with E-state index in [0.29, 0.717) is 35.7 Å². The number of benzene rings is 1. The Bertz CT molecular complexity index is 1110. The number of nitrogens with one attached hydrogen (secondary N) is 2. The highest BCUT2D eigenvalue weighted by Gasteiger charge is 2.21. The van der Waals surface area contributed by atoms with Gasteiger partial charge in [-0.1, -0.05) is 6.42 Å². The predicted octanol–water partition coefficient (Wildman–Crippen LogP) is 4.04. The summed E-state index contributed by atoms with van der Waals surface area (Å²) in [7, 11) is -3.41. The number of unbranched alkanes of at least 4 members (excludes halogenated alkanes) is 2. The Morgan fingerprint density at radius 2 is 1.42 bits per heavy atom. The van der Waals surface area contributed by atoms with Crippen LogP contribution in [-0.2, 0) is 22.9 Å². The summed E-state index contributed by atoms with van der Waals surface area (Å²) in [6.45, 7) is 10.3. The minimum absolute atomic E-state index is 0.104. The van der Waals surface area contributed by atoms with Crippen molar-refractivity contribution < 1.29 is 13.2 Å². The molecule has 2 aromatic heterocycles. The summed E-state index contributed by atoms with van der Waals surface area (Å²) < 4.78 is 25.7. The van der Waals surface area contributed by atoms with Gasteiger partial charge in [0.15, 0.2) is 9.84 Å². The number of aromatic nitrogens is 4. The summed E-state index contributed by atoms with van der Waals surface area (Å²) in [4.78, 5) is 32.0. The van der Waals surface area contributed by atoms with Gasteiger partial charge in [0.25, 0.3) is 5.91 Å². The van der Waals surface area contributed by atoms with Crippen molar-refractivity contribution in [3.05, 3.63) is 66.3 Å². The fraction of sp³-hybridized carbons (Fsp3) is 0.500. The molecule has 10 heteroatoms. The molecule has 0 spiro atoms. The van der Waals surface area contributed by atoms with Gasteiger partial charge in [-0.25, -0.2) is 18.4 Å². The van der Waals surface area contributed by atoms with Crippen LogP contribution in [0.2, 0.25) is 0 Å². The molecular weight excluding hydrogens is 476 g/mol. The lowest BCUT2D eigenvalue weighted by atomic mass is 10.2. The van der Waals surface area contributed by atoms with Crippen molar-refractivity contribution in [2.75, 3.05) is 12.3 Å². The van der Waals surface area contributed by atoms with Gasteiger partial charge < -0.3 is 14.9 Å². The van der Waals surface area contributed by atoms with E-state index < -0.39 is 9.84 Å². The van der Waals surface area contributed by atoms with Crippen LogP contribution in [0.25, 0.3) is 0 Å². The number of H-pyrrole nitrogens is 2. The third-order valence-electron chi connectivity index (χ3n) is 6.19. The minimum atomic E-state index is -3.41. The highest BCUT2D eigenvalue weighted by atomic mass is 32.2. The predicted molar refractivity (Wildman–Crippen MR) is 140 cm³/mol. The topological polar surface area (TPSA) is 115 Å². The Kier molecular flexibility index (Phi) is 9.83. The van der Waals surface area contributed by atoms with E-state index in [0.717, 1.165) is 19.4 Å². The lowest BCUT2D eigenvalue weighted by molar-refractivity contribution is 0.0721. The maximum absolute atomic E-state index is 13.2. The van der Waals surface area contributed by atoms with Crippen LogP contribution < -0.4 is 0 Å². The van der Waals surface area contributed by atoms with E-state index in [4.69, 9.17) is 0 Å². The lowest BCUT2D eigenvalue weighted by Gasteiger charge is -2.30. The third-order valence-corrected chi connectivity index (χ3v) is 8.01. The Morgan fingerprint density at radius 1 is 0.861 bits per heavy atom. The summed E-state index contributed by atoms with van der Waals surface area (Å²) in [5, 5.41) is 0. The van der Waals surface area contributed by atoms with Gasteiger partial charge >= 0.3 is 0 Å². The number of rotatable bonds is 14. The normalized spacial score (nSPS) is 12.1. The van der Waals surface area contributed by atoms with E-state index in [-0.39, 0.29) is 29.6 Å². The molecule has 2 N–H and O–H groups in total. The average molecular weight is 515 g/mol. The van der Waals surface area contributed by atoms with Gasteiger partial charge in [-0.05, 0) is 71.3 Å². The number of imidazole rings is 2. The summed E-state index contributed by atoms with van der Waals surface area (Å²) in [5.74, 6) is 1.18. The molecule has 0 unspecified atom stereocenters. The minimum Gasteiger partial charge on any atom is -0.347 e. The van der Waals surface area contributed by atoms with E-state index in [2.05, 4.69) is 52.5 Å². The van der Waals surface area contributed by atoms with Crippen LogP contribution >= 0.6 is 0 Å². The molecule has 1 amide bonds. The molecule has 2 heterocycles. The van der Waals surface area contributed by atoms with Crippen LogP contribution in [0.4, 0.5) is 0 Å². The van der Waals surface area contributed by atoms with E-state index in [9.17, 15) is 13.2 Å². The number of hydrogen-bond donors (Lipinski definition) is 2. The maximum Gasteiger partial charge on any atom is 0.254 e. The fourth-order valence-electron chi connectivity index (χ4n) is 4.31. The van der Waals surface area contributed by atoms with Gasteiger partial charge in [-0.15, -0.1) is 0 Å². The van der Waals surface area contributed by atoms with Crippen LogP contribution in [0, 0.1) is 0 Å². The molecular formula is C26H38N6O3S. The molecule has 0 atom stereocenters. The first-order valence-electron chi connectivity index (χ1n) is 12.5. The largest absolute Gasteiger partial charge is 0.347 e. The smallest absolute Gasteiger partial charge is 0.254 e. The standard InChI is InChI=1S/C26H38N6O3S/c1-20(2)32(21(3)4)16-6-5-7-17-36(34,35)23-10-8-22(9-11-23)26(33)31(18-24-27-12-13-28-24)19-25-29-14-15-30-25/h8-15,20-21H,5-7,16-19H2,1-4H3,(H,27,28)(H,29,30). The zero-order valence-electron chi connectivity index (χ0n) is 21.6. The van der Waals surface area contributed by atoms with Gasteiger partial charge in [0.2, 0.25) is 0 Å². The van der Waals surface area contributed by atoms with Crippen LogP contribution in [-0.4, -0.2) is 68.4 Å². The van der Waals surface area contributed by atoms with Crippen molar-refractivity contribution >= 4 is 15.7 Å². The number of aromatic amines is 2. The highest BCUT2D eigenvalue weighted by molar-refractivity contribution is 7.91. The Balaban J connectivity index is 1.59. The molecule has 0 aliphatic carbocycles. The van der Waals surface area contributed by atoms with Crippen LogP contribution in [0.5, 0.6) is 0 Å². The number of nitrogens with zero attached hydrogens (tertiary/aromatic N) is 4. The van der Waals surface area contributed by atoms with E-state index in [1.54, 1.807) is 41.8 Å². The van der Waals surface area contributed by atoms with Crippen molar-refractivity contribution in [2.45, 2.75) is 77.0 Å². The molecule has 1 aromatic carbocycles. The summed E-state index contributed by atoms with van der Waals surface area (Å²) in [6, 6.07) is 7.17. The van der Waals surface area contributed by atoms with Crippen LogP contribution in [0.15, 0.2) is 53.9 Å². The molecule has 196 valence electrons. The molecule has 0 aliphatic rings. The van der Waals surface area contributed by atoms with E-state index in [1.807, 2.05) is 0 Å².